The fourth-order valence-corrected chi connectivity index (χ4v) is 4.13. The van der Waals surface area contributed by atoms with Crippen molar-refractivity contribution in [3.8, 4) is 17.2 Å². The molecule has 2 aliphatic heterocycles. The normalized spacial score (nSPS) is 18.9. The molecule has 178 valence electrons. The van der Waals surface area contributed by atoms with E-state index in [4.69, 9.17) is 23.7 Å². The Morgan fingerprint density at radius 2 is 1.97 bits per heavy atom. The van der Waals surface area contributed by atoms with Crippen LogP contribution in [-0.4, -0.2) is 64.1 Å². The molecule has 2 aliphatic rings. The van der Waals surface area contributed by atoms with Crippen LogP contribution in [0.25, 0.3) is 0 Å². The summed E-state index contributed by atoms with van der Waals surface area (Å²) in [6.07, 6.45) is 2.03. The molecule has 33 heavy (non-hydrogen) atoms. The lowest BCUT2D eigenvalue weighted by Crippen LogP contribution is -2.44. The van der Waals surface area contributed by atoms with Crippen molar-refractivity contribution in [2.75, 3.05) is 47.2 Å². The average Bonchev–Trinajstić information content (AvgIpc) is 3.34. The predicted octanol–water partition coefficient (Wildman–Crippen LogP) is 3.94. The Morgan fingerprint density at radius 3 is 2.64 bits per heavy atom. The largest absolute Gasteiger partial charge is 0.497 e. The Labute approximate surface area is 195 Å². The van der Waals surface area contributed by atoms with Crippen LogP contribution in [0.4, 0.5) is 0 Å². The maximum absolute atomic E-state index is 13.5. The van der Waals surface area contributed by atoms with E-state index in [2.05, 4.69) is 6.92 Å². The van der Waals surface area contributed by atoms with Crippen LogP contribution in [0, 0.1) is 5.41 Å². The van der Waals surface area contributed by atoms with Crippen molar-refractivity contribution in [2.24, 2.45) is 5.41 Å². The number of hydrogen-bond donors (Lipinski definition) is 0. The Kier molecular flexibility index (Phi) is 7.40. The van der Waals surface area contributed by atoms with Crippen LogP contribution in [0.3, 0.4) is 0 Å². The van der Waals surface area contributed by atoms with Gasteiger partial charge in [-0.3, -0.25) is 4.79 Å². The molecule has 0 spiro atoms. The van der Waals surface area contributed by atoms with E-state index in [1.165, 1.54) is 0 Å². The van der Waals surface area contributed by atoms with Gasteiger partial charge in [0, 0.05) is 30.7 Å². The van der Waals surface area contributed by atoms with Crippen LogP contribution >= 0.6 is 0 Å². The van der Waals surface area contributed by atoms with Crippen LogP contribution < -0.4 is 14.2 Å². The van der Waals surface area contributed by atoms with Crippen molar-refractivity contribution in [2.45, 2.75) is 32.4 Å². The summed E-state index contributed by atoms with van der Waals surface area (Å²) in [5.74, 6) is 1.95. The molecule has 0 radical (unpaired) electrons. The van der Waals surface area contributed by atoms with Crippen molar-refractivity contribution in [3.05, 3.63) is 53.6 Å². The summed E-state index contributed by atoms with van der Waals surface area (Å²) >= 11 is 0. The third-order valence-electron chi connectivity index (χ3n) is 6.13. The van der Waals surface area contributed by atoms with Gasteiger partial charge in [0.05, 0.1) is 40.1 Å². The van der Waals surface area contributed by atoms with Gasteiger partial charge in [-0.2, -0.15) is 0 Å². The van der Waals surface area contributed by atoms with Gasteiger partial charge in [0.1, 0.15) is 5.75 Å². The lowest BCUT2D eigenvalue weighted by molar-refractivity contribution is -0.120. The second-order valence-electron chi connectivity index (χ2n) is 9.13. The third kappa shape index (κ3) is 5.78. The SMILES string of the molecule is COc1cccc(C(=O)N(Cc2ccc(OC)c(OCC3(C)COC3)c2)C[C@H]2CCCO2)c1. The predicted molar refractivity (Wildman–Crippen MR) is 124 cm³/mol. The summed E-state index contributed by atoms with van der Waals surface area (Å²) in [5, 5.41) is 0. The Bertz CT molecular complexity index is 952. The molecule has 0 N–H and O–H groups in total. The highest BCUT2D eigenvalue weighted by atomic mass is 16.5. The van der Waals surface area contributed by atoms with Gasteiger partial charge in [-0.15, -0.1) is 0 Å². The molecular weight excluding hydrogens is 422 g/mol. The van der Waals surface area contributed by atoms with Crippen LogP contribution in [0.1, 0.15) is 35.7 Å². The Morgan fingerprint density at radius 1 is 1.12 bits per heavy atom. The van der Waals surface area contributed by atoms with E-state index in [-0.39, 0.29) is 17.4 Å². The van der Waals surface area contributed by atoms with Gasteiger partial charge >= 0.3 is 0 Å². The Balaban J connectivity index is 1.54. The molecule has 2 aromatic rings. The fraction of sp³-hybridized carbons (Fsp3) is 0.500. The van der Waals surface area contributed by atoms with Gasteiger partial charge in [-0.1, -0.05) is 19.1 Å². The standard InChI is InChI=1S/C26H33NO6/c1-26(16-31-17-26)18-33-24-12-19(9-10-23(24)30-3)14-27(15-22-8-5-11-32-22)25(28)20-6-4-7-21(13-20)29-2/h4,6-7,9-10,12-13,22H,5,8,11,14-18H2,1-3H3/t22-/m1/s1. The molecule has 0 aliphatic carbocycles. The number of hydrogen-bond acceptors (Lipinski definition) is 6. The summed E-state index contributed by atoms with van der Waals surface area (Å²) in [5.41, 5.74) is 1.58. The van der Waals surface area contributed by atoms with E-state index in [9.17, 15) is 4.79 Å². The first kappa shape index (κ1) is 23.4. The molecule has 2 aromatic carbocycles. The van der Waals surface area contributed by atoms with E-state index in [0.717, 1.165) is 25.0 Å². The number of methoxy groups -OCH3 is 2. The number of benzene rings is 2. The van der Waals surface area contributed by atoms with E-state index < -0.39 is 0 Å². The zero-order chi connectivity index (χ0) is 23.3. The first-order valence-corrected chi connectivity index (χ1v) is 11.4. The maximum atomic E-state index is 13.5. The van der Waals surface area contributed by atoms with E-state index in [1.54, 1.807) is 20.3 Å². The maximum Gasteiger partial charge on any atom is 0.254 e. The van der Waals surface area contributed by atoms with Crippen LogP contribution in [0.5, 0.6) is 17.2 Å². The second-order valence-corrected chi connectivity index (χ2v) is 9.13. The lowest BCUT2D eigenvalue weighted by atomic mass is 9.90. The zero-order valence-electron chi connectivity index (χ0n) is 19.7. The molecule has 1 amide bonds. The summed E-state index contributed by atoms with van der Waals surface area (Å²) < 4.78 is 28.1. The van der Waals surface area contributed by atoms with Gasteiger partial charge in [-0.25, -0.2) is 0 Å². The summed E-state index contributed by atoms with van der Waals surface area (Å²) in [6.45, 7) is 5.80. The minimum absolute atomic E-state index is 0.0230. The number of amides is 1. The van der Waals surface area contributed by atoms with Crippen LogP contribution in [-0.2, 0) is 16.0 Å². The van der Waals surface area contributed by atoms with Crippen molar-refractivity contribution < 1.29 is 28.5 Å². The molecule has 7 nitrogen and oxygen atoms in total. The number of ether oxygens (including phenoxy) is 5. The van der Waals surface area contributed by atoms with E-state index in [0.29, 0.717) is 55.7 Å². The van der Waals surface area contributed by atoms with Gasteiger partial charge in [0.2, 0.25) is 0 Å². The first-order chi connectivity index (χ1) is 16.0. The summed E-state index contributed by atoms with van der Waals surface area (Å²) in [6, 6.07) is 13.1. The van der Waals surface area contributed by atoms with Crippen LogP contribution in [0.2, 0.25) is 0 Å². The van der Waals surface area contributed by atoms with Gasteiger partial charge in [0.15, 0.2) is 11.5 Å². The van der Waals surface area contributed by atoms with Gasteiger partial charge < -0.3 is 28.6 Å². The first-order valence-electron chi connectivity index (χ1n) is 11.4. The molecular formula is C26H33NO6. The average molecular weight is 456 g/mol. The molecule has 2 fully saturated rings. The molecule has 0 aromatic heterocycles. The molecule has 1 atom stereocenters. The van der Waals surface area contributed by atoms with Crippen LogP contribution in [0.15, 0.2) is 42.5 Å². The second kappa shape index (κ2) is 10.4. The number of nitrogens with zero attached hydrogens (tertiary/aromatic N) is 1. The molecule has 2 heterocycles. The highest BCUT2D eigenvalue weighted by Crippen LogP contribution is 2.33. The highest BCUT2D eigenvalue weighted by Gasteiger charge is 2.34. The Hall–Kier alpha value is -2.77. The quantitative estimate of drug-likeness (QED) is 0.541. The molecule has 4 rings (SSSR count). The number of rotatable bonds is 10. The third-order valence-corrected chi connectivity index (χ3v) is 6.13. The minimum Gasteiger partial charge on any atom is -0.497 e. The van der Waals surface area contributed by atoms with Crippen molar-refractivity contribution in [1.82, 2.24) is 4.90 Å². The molecule has 2 saturated heterocycles. The van der Waals surface area contributed by atoms with Crippen molar-refractivity contribution in [1.29, 1.82) is 0 Å². The molecule has 7 heteroatoms. The number of carbonyl (C=O) groups excluding carboxylic acids is 1. The van der Waals surface area contributed by atoms with Crippen molar-refractivity contribution >= 4 is 5.91 Å². The van der Waals surface area contributed by atoms with Gasteiger partial charge in [0.25, 0.3) is 5.91 Å². The monoisotopic (exact) mass is 455 g/mol. The van der Waals surface area contributed by atoms with E-state index >= 15 is 0 Å². The van der Waals surface area contributed by atoms with Crippen molar-refractivity contribution in [3.63, 3.8) is 0 Å². The number of carbonyl (C=O) groups is 1. The van der Waals surface area contributed by atoms with Gasteiger partial charge in [-0.05, 0) is 48.7 Å². The molecule has 0 bridgehead atoms. The lowest BCUT2D eigenvalue weighted by Gasteiger charge is -2.37. The van der Waals surface area contributed by atoms with E-state index in [1.807, 2.05) is 41.3 Å². The highest BCUT2D eigenvalue weighted by molar-refractivity contribution is 5.94. The molecule has 0 saturated carbocycles. The smallest absolute Gasteiger partial charge is 0.254 e. The fourth-order valence-electron chi connectivity index (χ4n) is 4.13. The summed E-state index contributed by atoms with van der Waals surface area (Å²) in [7, 11) is 3.23. The summed E-state index contributed by atoms with van der Waals surface area (Å²) in [4.78, 5) is 15.3. The molecule has 0 unspecified atom stereocenters. The topological polar surface area (TPSA) is 66.5 Å². The zero-order valence-corrected chi connectivity index (χ0v) is 19.7. The minimum atomic E-state index is -0.0539.